The van der Waals surface area contributed by atoms with Gasteiger partial charge in [-0.05, 0) is 24.3 Å². The van der Waals surface area contributed by atoms with Crippen LogP contribution in [0.2, 0.25) is 0 Å². The first-order valence-corrected chi connectivity index (χ1v) is 6.64. The molecule has 3 rings (SSSR count). The summed E-state index contributed by atoms with van der Waals surface area (Å²) in [5.41, 5.74) is 1.52. The number of hydrogen-bond donors (Lipinski definition) is 1. The van der Waals surface area contributed by atoms with Gasteiger partial charge in [-0.25, -0.2) is 0 Å². The second-order valence-corrected chi connectivity index (χ2v) is 4.84. The third-order valence-corrected chi connectivity index (χ3v) is 3.48. The summed E-state index contributed by atoms with van der Waals surface area (Å²) in [4.78, 5) is 18.4. The Kier molecular flexibility index (Phi) is 3.62. The highest BCUT2D eigenvalue weighted by atomic mass is 16.5. The summed E-state index contributed by atoms with van der Waals surface area (Å²) in [5.74, 6) is -0.0301. The van der Waals surface area contributed by atoms with Crippen LogP contribution in [-0.4, -0.2) is 53.3 Å². The predicted octanol–water partition coefficient (Wildman–Crippen LogP) is 1.07. The molecule has 1 saturated heterocycles. The highest BCUT2D eigenvalue weighted by Crippen LogP contribution is 2.16. The summed E-state index contributed by atoms with van der Waals surface area (Å²) in [7, 11) is 0. The molecule has 104 valence electrons. The fourth-order valence-corrected chi connectivity index (χ4v) is 2.41. The number of pyridine rings is 1. The number of carbonyl (C=O) groups is 1. The van der Waals surface area contributed by atoms with Crippen molar-refractivity contribution in [2.45, 2.75) is 6.10 Å². The summed E-state index contributed by atoms with van der Waals surface area (Å²) in [6.45, 7) is 1.39. The monoisotopic (exact) mass is 272 g/mol. The molecule has 1 unspecified atom stereocenters. The Balaban J connectivity index is 1.84. The van der Waals surface area contributed by atoms with E-state index in [-0.39, 0.29) is 18.6 Å². The summed E-state index contributed by atoms with van der Waals surface area (Å²) in [6.07, 6.45) is 1.45. The SMILES string of the molecule is O=C(c1ccc2ncccc2c1)N1CCOC(CO)C1. The van der Waals surface area contributed by atoms with E-state index >= 15 is 0 Å². The molecular formula is C15H16N2O3. The molecule has 2 heterocycles. The van der Waals surface area contributed by atoms with E-state index in [0.29, 0.717) is 25.3 Å². The Morgan fingerprint density at radius 2 is 2.35 bits per heavy atom. The van der Waals surface area contributed by atoms with E-state index in [1.54, 1.807) is 17.2 Å². The van der Waals surface area contributed by atoms with E-state index in [4.69, 9.17) is 9.84 Å². The first kappa shape index (κ1) is 13.0. The number of aromatic nitrogens is 1. The van der Waals surface area contributed by atoms with Crippen LogP contribution in [0.5, 0.6) is 0 Å². The molecule has 0 saturated carbocycles. The van der Waals surface area contributed by atoms with E-state index in [2.05, 4.69) is 4.98 Å². The van der Waals surface area contributed by atoms with Crippen LogP contribution < -0.4 is 0 Å². The van der Waals surface area contributed by atoms with Crippen LogP contribution in [0.4, 0.5) is 0 Å². The van der Waals surface area contributed by atoms with Crippen molar-refractivity contribution in [3.8, 4) is 0 Å². The van der Waals surface area contributed by atoms with Gasteiger partial charge in [0.1, 0.15) is 0 Å². The fraction of sp³-hybridized carbons (Fsp3) is 0.333. The van der Waals surface area contributed by atoms with Crippen molar-refractivity contribution in [2.75, 3.05) is 26.3 Å². The lowest BCUT2D eigenvalue weighted by molar-refractivity contribution is -0.0447. The second kappa shape index (κ2) is 5.56. The van der Waals surface area contributed by atoms with Gasteiger partial charge < -0.3 is 14.7 Å². The summed E-state index contributed by atoms with van der Waals surface area (Å²) < 4.78 is 5.36. The van der Waals surface area contributed by atoms with Gasteiger partial charge >= 0.3 is 0 Å². The lowest BCUT2D eigenvalue weighted by Crippen LogP contribution is -2.46. The first-order chi connectivity index (χ1) is 9.78. The molecule has 20 heavy (non-hydrogen) atoms. The molecule has 1 aromatic carbocycles. The minimum Gasteiger partial charge on any atom is -0.394 e. The zero-order valence-corrected chi connectivity index (χ0v) is 11.0. The number of carbonyl (C=O) groups excluding carboxylic acids is 1. The maximum absolute atomic E-state index is 12.5. The quantitative estimate of drug-likeness (QED) is 0.888. The molecule has 1 N–H and O–H groups in total. The molecule has 1 aliphatic heterocycles. The Bertz CT molecular complexity index is 629. The smallest absolute Gasteiger partial charge is 0.254 e. The number of amides is 1. The lowest BCUT2D eigenvalue weighted by Gasteiger charge is -2.32. The standard InChI is InChI=1S/C15H16N2O3/c18-10-13-9-17(6-7-20-13)15(19)12-3-4-14-11(8-12)2-1-5-16-14/h1-5,8,13,18H,6-7,9-10H2. The van der Waals surface area contributed by atoms with E-state index < -0.39 is 0 Å². The van der Waals surface area contributed by atoms with Gasteiger partial charge in [-0.1, -0.05) is 6.07 Å². The predicted molar refractivity (Wildman–Crippen MR) is 74.5 cm³/mol. The normalized spacial score (nSPS) is 19.2. The Morgan fingerprint density at radius 3 is 3.20 bits per heavy atom. The molecule has 0 radical (unpaired) electrons. The third-order valence-electron chi connectivity index (χ3n) is 3.48. The van der Waals surface area contributed by atoms with Crippen LogP contribution in [0.3, 0.4) is 0 Å². The number of morpholine rings is 1. The summed E-state index contributed by atoms with van der Waals surface area (Å²) in [5, 5.41) is 10.1. The molecular weight excluding hydrogens is 256 g/mol. The highest BCUT2D eigenvalue weighted by molar-refractivity contribution is 5.98. The third kappa shape index (κ3) is 2.50. The molecule has 5 heteroatoms. The molecule has 1 amide bonds. The van der Waals surface area contributed by atoms with E-state index in [0.717, 1.165) is 10.9 Å². The summed E-state index contributed by atoms with van der Waals surface area (Å²) in [6, 6.07) is 9.30. The summed E-state index contributed by atoms with van der Waals surface area (Å²) >= 11 is 0. The second-order valence-electron chi connectivity index (χ2n) is 4.84. The van der Waals surface area contributed by atoms with Gasteiger partial charge in [-0.3, -0.25) is 9.78 Å². The van der Waals surface area contributed by atoms with Crippen LogP contribution in [-0.2, 0) is 4.74 Å². The number of ether oxygens (including phenoxy) is 1. The number of nitrogens with zero attached hydrogens (tertiary/aromatic N) is 2. The topological polar surface area (TPSA) is 62.7 Å². The maximum atomic E-state index is 12.5. The number of aliphatic hydroxyl groups is 1. The number of hydrogen-bond acceptors (Lipinski definition) is 4. The number of benzene rings is 1. The number of aliphatic hydroxyl groups excluding tert-OH is 1. The molecule has 2 aromatic rings. The number of rotatable bonds is 2. The average molecular weight is 272 g/mol. The fourth-order valence-electron chi connectivity index (χ4n) is 2.41. The zero-order valence-electron chi connectivity index (χ0n) is 11.0. The Labute approximate surface area is 116 Å². The minimum atomic E-state index is -0.283. The van der Waals surface area contributed by atoms with Gasteiger partial charge in [0.15, 0.2) is 0 Å². The molecule has 0 spiro atoms. The van der Waals surface area contributed by atoms with Crippen molar-refractivity contribution in [2.24, 2.45) is 0 Å². The molecule has 0 aliphatic carbocycles. The van der Waals surface area contributed by atoms with Gasteiger partial charge in [0.25, 0.3) is 5.91 Å². The van der Waals surface area contributed by atoms with Gasteiger partial charge in [-0.2, -0.15) is 0 Å². The molecule has 1 aromatic heterocycles. The van der Waals surface area contributed by atoms with Gasteiger partial charge in [0.05, 0.1) is 24.8 Å². The van der Waals surface area contributed by atoms with Gasteiger partial charge in [0, 0.05) is 30.2 Å². The van der Waals surface area contributed by atoms with E-state index in [1.807, 2.05) is 24.3 Å². The average Bonchev–Trinajstić information content (AvgIpc) is 2.53. The van der Waals surface area contributed by atoms with Crippen LogP contribution in [0.1, 0.15) is 10.4 Å². The lowest BCUT2D eigenvalue weighted by atomic mass is 10.1. The molecule has 1 atom stereocenters. The van der Waals surface area contributed by atoms with E-state index in [9.17, 15) is 4.79 Å². The van der Waals surface area contributed by atoms with Gasteiger partial charge in [0.2, 0.25) is 0 Å². The highest BCUT2D eigenvalue weighted by Gasteiger charge is 2.24. The van der Waals surface area contributed by atoms with Crippen molar-refractivity contribution < 1.29 is 14.6 Å². The van der Waals surface area contributed by atoms with Crippen molar-refractivity contribution in [1.29, 1.82) is 0 Å². The Morgan fingerprint density at radius 1 is 1.45 bits per heavy atom. The Hall–Kier alpha value is -1.98. The molecule has 5 nitrogen and oxygen atoms in total. The van der Waals surface area contributed by atoms with Crippen LogP contribution in [0.15, 0.2) is 36.5 Å². The molecule has 0 bridgehead atoms. The van der Waals surface area contributed by atoms with Crippen molar-refractivity contribution in [3.63, 3.8) is 0 Å². The number of fused-ring (bicyclic) bond motifs is 1. The van der Waals surface area contributed by atoms with Crippen LogP contribution >= 0.6 is 0 Å². The largest absolute Gasteiger partial charge is 0.394 e. The van der Waals surface area contributed by atoms with E-state index in [1.165, 1.54) is 0 Å². The first-order valence-electron chi connectivity index (χ1n) is 6.64. The van der Waals surface area contributed by atoms with Crippen molar-refractivity contribution in [1.82, 2.24) is 9.88 Å². The van der Waals surface area contributed by atoms with Crippen LogP contribution in [0, 0.1) is 0 Å². The molecule has 1 fully saturated rings. The zero-order chi connectivity index (χ0) is 13.9. The van der Waals surface area contributed by atoms with Crippen LogP contribution in [0.25, 0.3) is 10.9 Å². The minimum absolute atomic E-state index is 0.0301. The van der Waals surface area contributed by atoms with Gasteiger partial charge in [-0.15, -0.1) is 0 Å². The van der Waals surface area contributed by atoms with Crippen molar-refractivity contribution >= 4 is 16.8 Å². The maximum Gasteiger partial charge on any atom is 0.254 e. The molecule has 1 aliphatic rings. The van der Waals surface area contributed by atoms with Crippen molar-refractivity contribution in [3.05, 3.63) is 42.1 Å².